The summed E-state index contributed by atoms with van der Waals surface area (Å²) in [5.74, 6) is -2.46. The Hall–Kier alpha value is -2.04. The van der Waals surface area contributed by atoms with Crippen LogP contribution in [-0.2, 0) is 4.79 Å². The van der Waals surface area contributed by atoms with Crippen LogP contribution in [0.3, 0.4) is 0 Å². The van der Waals surface area contributed by atoms with E-state index in [0.29, 0.717) is 0 Å². The van der Waals surface area contributed by atoms with E-state index in [0.717, 1.165) is 19.3 Å². The van der Waals surface area contributed by atoms with Gasteiger partial charge in [0.15, 0.2) is 11.5 Å². The second kappa shape index (κ2) is 5.15. The third-order valence-corrected chi connectivity index (χ3v) is 3.63. The molecular formula is C15H18O5. The first-order valence-electron chi connectivity index (χ1n) is 6.56. The van der Waals surface area contributed by atoms with Crippen molar-refractivity contribution in [3.63, 3.8) is 0 Å². The van der Waals surface area contributed by atoms with Gasteiger partial charge in [0.25, 0.3) is 5.78 Å². The van der Waals surface area contributed by atoms with E-state index in [1.165, 1.54) is 18.2 Å². The van der Waals surface area contributed by atoms with Crippen LogP contribution < -0.4 is 4.74 Å². The summed E-state index contributed by atoms with van der Waals surface area (Å²) in [4.78, 5) is 22.1. The number of Topliss-reactive ketones (excluding diaryl/α,β-unsaturated/α-hetero) is 1. The number of carboxylic acid groups (broad SMARTS) is 1. The first-order chi connectivity index (χ1) is 9.28. The number of hydrogen-bond acceptors (Lipinski definition) is 4. The summed E-state index contributed by atoms with van der Waals surface area (Å²) in [7, 11) is 0. The highest BCUT2D eigenvalue weighted by atomic mass is 16.5. The number of carbonyl (C=O) groups excluding carboxylic acids is 1. The Morgan fingerprint density at radius 1 is 1.35 bits per heavy atom. The number of carboxylic acids is 1. The molecule has 1 aromatic rings. The molecule has 0 amide bonds. The van der Waals surface area contributed by atoms with Crippen molar-refractivity contribution in [3.8, 4) is 11.5 Å². The number of ether oxygens (including phenoxy) is 1. The maximum absolute atomic E-state index is 11.4. The zero-order valence-electron chi connectivity index (χ0n) is 11.5. The summed E-state index contributed by atoms with van der Waals surface area (Å²) >= 11 is 0. The predicted molar refractivity (Wildman–Crippen MR) is 72.1 cm³/mol. The highest BCUT2D eigenvalue weighted by Crippen LogP contribution is 2.40. The van der Waals surface area contributed by atoms with Gasteiger partial charge in [-0.05, 0) is 42.9 Å². The minimum absolute atomic E-state index is 0.00237. The van der Waals surface area contributed by atoms with Gasteiger partial charge in [-0.3, -0.25) is 4.79 Å². The van der Waals surface area contributed by atoms with Crippen molar-refractivity contribution in [2.75, 3.05) is 0 Å². The Labute approximate surface area is 117 Å². The predicted octanol–water partition coefficient (Wildman–Crippen LogP) is 2.62. The SMILES string of the molecule is CC1(C)CCC(Oc2cc(C(=O)C(=O)O)ccc2O)C1. The molecule has 1 atom stereocenters. The van der Waals surface area contributed by atoms with Crippen molar-refractivity contribution < 1.29 is 24.5 Å². The second-order valence-electron chi connectivity index (χ2n) is 5.96. The van der Waals surface area contributed by atoms with Gasteiger partial charge in [-0.2, -0.15) is 0 Å². The van der Waals surface area contributed by atoms with Crippen molar-refractivity contribution >= 4 is 11.8 Å². The fourth-order valence-electron chi connectivity index (χ4n) is 2.53. The number of hydrogen-bond donors (Lipinski definition) is 2. The highest BCUT2D eigenvalue weighted by Gasteiger charge is 2.32. The van der Waals surface area contributed by atoms with Crippen molar-refractivity contribution in [3.05, 3.63) is 23.8 Å². The van der Waals surface area contributed by atoms with Crippen LogP contribution in [0.15, 0.2) is 18.2 Å². The van der Waals surface area contributed by atoms with E-state index >= 15 is 0 Å². The highest BCUT2D eigenvalue weighted by molar-refractivity contribution is 6.39. The van der Waals surface area contributed by atoms with Gasteiger partial charge in [-0.1, -0.05) is 13.8 Å². The number of aliphatic carboxylic acids is 1. The first kappa shape index (κ1) is 14.4. The standard InChI is InChI=1S/C15H18O5/c1-15(2)6-5-10(8-15)20-12-7-9(3-4-11(12)16)13(17)14(18)19/h3-4,7,10,16H,5-6,8H2,1-2H3,(H,18,19). The average molecular weight is 278 g/mol. The zero-order valence-corrected chi connectivity index (χ0v) is 11.5. The van der Waals surface area contributed by atoms with Crippen LogP contribution >= 0.6 is 0 Å². The summed E-state index contributed by atoms with van der Waals surface area (Å²) < 4.78 is 5.72. The molecule has 5 heteroatoms. The summed E-state index contributed by atoms with van der Waals surface area (Å²) in [5, 5.41) is 18.5. The third-order valence-electron chi connectivity index (χ3n) is 3.63. The molecule has 1 unspecified atom stereocenters. The Balaban J connectivity index is 2.17. The minimum atomic E-state index is -1.52. The number of ketones is 1. The van der Waals surface area contributed by atoms with Gasteiger partial charge in [-0.25, -0.2) is 4.79 Å². The molecule has 0 spiro atoms. The molecule has 1 aromatic carbocycles. The topological polar surface area (TPSA) is 83.8 Å². The quantitative estimate of drug-likeness (QED) is 0.653. The van der Waals surface area contributed by atoms with Crippen molar-refractivity contribution in [2.24, 2.45) is 5.41 Å². The number of phenols is 1. The lowest BCUT2D eigenvalue weighted by molar-refractivity contribution is -0.131. The molecule has 0 heterocycles. The Bertz CT molecular complexity index is 547. The molecule has 1 fully saturated rings. The van der Waals surface area contributed by atoms with Crippen molar-refractivity contribution in [1.82, 2.24) is 0 Å². The third kappa shape index (κ3) is 3.10. The van der Waals surface area contributed by atoms with Crippen LogP contribution in [0.2, 0.25) is 0 Å². The molecule has 0 bridgehead atoms. The van der Waals surface area contributed by atoms with Gasteiger partial charge in [0.2, 0.25) is 0 Å². The van der Waals surface area contributed by atoms with Gasteiger partial charge in [-0.15, -0.1) is 0 Å². The van der Waals surface area contributed by atoms with E-state index in [4.69, 9.17) is 9.84 Å². The van der Waals surface area contributed by atoms with Gasteiger partial charge >= 0.3 is 5.97 Å². The smallest absolute Gasteiger partial charge is 0.377 e. The second-order valence-corrected chi connectivity index (χ2v) is 5.96. The number of aromatic hydroxyl groups is 1. The maximum Gasteiger partial charge on any atom is 0.377 e. The fourth-order valence-corrected chi connectivity index (χ4v) is 2.53. The molecule has 0 aliphatic heterocycles. The summed E-state index contributed by atoms with van der Waals surface area (Å²) in [5.41, 5.74) is 0.206. The lowest BCUT2D eigenvalue weighted by Crippen LogP contribution is -2.16. The lowest BCUT2D eigenvalue weighted by atomic mass is 9.92. The van der Waals surface area contributed by atoms with Gasteiger partial charge in [0.1, 0.15) is 0 Å². The van der Waals surface area contributed by atoms with Crippen LogP contribution in [0.5, 0.6) is 11.5 Å². The van der Waals surface area contributed by atoms with E-state index in [2.05, 4.69) is 13.8 Å². The van der Waals surface area contributed by atoms with Gasteiger partial charge in [0.05, 0.1) is 6.10 Å². The molecule has 1 aliphatic rings. The van der Waals surface area contributed by atoms with E-state index < -0.39 is 11.8 Å². The Morgan fingerprint density at radius 2 is 2.05 bits per heavy atom. The summed E-state index contributed by atoms with van der Waals surface area (Å²) in [6.45, 7) is 4.31. The van der Waals surface area contributed by atoms with Crippen LogP contribution in [0, 0.1) is 5.41 Å². The van der Waals surface area contributed by atoms with E-state index in [1.807, 2.05) is 0 Å². The van der Waals surface area contributed by atoms with Crippen LogP contribution in [0.1, 0.15) is 43.5 Å². The van der Waals surface area contributed by atoms with Crippen LogP contribution in [0.25, 0.3) is 0 Å². The number of phenolic OH excluding ortho intramolecular Hbond substituents is 1. The largest absolute Gasteiger partial charge is 0.504 e. The molecule has 2 N–H and O–H groups in total. The molecule has 0 saturated heterocycles. The van der Waals surface area contributed by atoms with Crippen molar-refractivity contribution in [1.29, 1.82) is 0 Å². The molecule has 2 rings (SSSR count). The number of benzene rings is 1. The fraction of sp³-hybridized carbons (Fsp3) is 0.467. The van der Waals surface area contributed by atoms with E-state index in [-0.39, 0.29) is 28.6 Å². The van der Waals surface area contributed by atoms with Crippen molar-refractivity contribution in [2.45, 2.75) is 39.2 Å². The maximum atomic E-state index is 11.4. The van der Waals surface area contributed by atoms with Gasteiger partial charge in [0, 0.05) is 5.56 Å². The summed E-state index contributed by atoms with van der Waals surface area (Å²) in [6, 6.07) is 3.85. The average Bonchev–Trinajstić information content (AvgIpc) is 2.70. The normalized spacial score (nSPS) is 20.6. The van der Waals surface area contributed by atoms with Gasteiger partial charge < -0.3 is 14.9 Å². The molecule has 108 valence electrons. The lowest BCUT2D eigenvalue weighted by Gasteiger charge is -2.18. The molecule has 1 saturated carbocycles. The van der Waals surface area contributed by atoms with Crippen LogP contribution in [0.4, 0.5) is 0 Å². The Morgan fingerprint density at radius 3 is 2.60 bits per heavy atom. The van der Waals surface area contributed by atoms with Crippen LogP contribution in [-0.4, -0.2) is 28.1 Å². The molecule has 20 heavy (non-hydrogen) atoms. The monoisotopic (exact) mass is 278 g/mol. The molecule has 5 nitrogen and oxygen atoms in total. The molecule has 0 radical (unpaired) electrons. The van der Waals surface area contributed by atoms with E-state index in [1.54, 1.807) is 0 Å². The zero-order chi connectivity index (χ0) is 14.9. The molecular weight excluding hydrogens is 260 g/mol. The number of carbonyl (C=O) groups is 2. The van der Waals surface area contributed by atoms with E-state index in [9.17, 15) is 14.7 Å². The summed E-state index contributed by atoms with van der Waals surface area (Å²) in [6.07, 6.45) is 2.75. The Kier molecular flexibility index (Phi) is 3.70. The molecule has 1 aliphatic carbocycles. The molecule has 0 aromatic heterocycles. The first-order valence-corrected chi connectivity index (χ1v) is 6.56. The number of rotatable bonds is 4. The minimum Gasteiger partial charge on any atom is -0.504 e.